The lowest BCUT2D eigenvalue weighted by Crippen LogP contribution is -2.17. The van der Waals surface area contributed by atoms with E-state index in [1.165, 1.54) is 24.3 Å². The number of nitrogens with zero attached hydrogens (tertiary/aromatic N) is 2. The molecule has 0 radical (unpaired) electrons. The van der Waals surface area contributed by atoms with Crippen LogP contribution in [-0.4, -0.2) is 15.9 Å². The summed E-state index contributed by atoms with van der Waals surface area (Å²) in [5.41, 5.74) is 0.690. The van der Waals surface area contributed by atoms with Crippen molar-refractivity contribution in [3.8, 4) is 5.75 Å². The monoisotopic (exact) mass is 285 g/mol. The number of aryl methyl sites for hydroxylation is 1. The molecule has 0 saturated heterocycles. The van der Waals surface area contributed by atoms with Crippen molar-refractivity contribution in [2.24, 2.45) is 7.05 Å². The highest BCUT2D eigenvalue weighted by Crippen LogP contribution is 2.25. The highest BCUT2D eigenvalue weighted by molar-refractivity contribution is 5.47. The number of hydrogen-bond acceptors (Lipinski definition) is 3. The third-order valence-electron chi connectivity index (χ3n) is 2.72. The molecule has 0 aliphatic carbocycles. The summed E-state index contributed by atoms with van der Waals surface area (Å²) < 4.78 is 41.8. The van der Waals surface area contributed by atoms with E-state index < -0.39 is 6.36 Å². The van der Waals surface area contributed by atoms with Crippen molar-refractivity contribution < 1.29 is 17.9 Å². The van der Waals surface area contributed by atoms with Crippen molar-refractivity contribution >= 4 is 5.69 Å². The van der Waals surface area contributed by atoms with Gasteiger partial charge < -0.3 is 14.6 Å². The van der Waals surface area contributed by atoms with Gasteiger partial charge in [-0.25, -0.2) is 4.98 Å². The number of nitrogens with one attached hydrogen (secondary N) is 1. The van der Waals surface area contributed by atoms with Crippen molar-refractivity contribution in [1.29, 1.82) is 0 Å². The first kappa shape index (κ1) is 14.2. The zero-order valence-electron chi connectivity index (χ0n) is 11.0. The lowest BCUT2D eigenvalue weighted by molar-refractivity contribution is -0.274. The van der Waals surface area contributed by atoms with Crippen LogP contribution in [0.25, 0.3) is 0 Å². The topological polar surface area (TPSA) is 39.1 Å². The van der Waals surface area contributed by atoms with E-state index >= 15 is 0 Å². The number of alkyl halides is 3. The van der Waals surface area contributed by atoms with E-state index in [0.29, 0.717) is 5.69 Å². The maximum Gasteiger partial charge on any atom is 0.573 e. The summed E-state index contributed by atoms with van der Waals surface area (Å²) in [5.74, 6) is 0.591. The molecule has 7 heteroatoms. The van der Waals surface area contributed by atoms with Crippen LogP contribution in [0.1, 0.15) is 18.8 Å². The van der Waals surface area contributed by atoms with Crippen LogP contribution in [0.2, 0.25) is 0 Å². The van der Waals surface area contributed by atoms with Crippen LogP contribution in [0.3, 0.4) is 0 Å². The molecule has 108 valence electrons. The first-order valence-electron chi connectivity index (χ1n) is 5.95. The SMILES string of the molecule is CC(Nc1ccc(OC(F)(F)F)cc1)c1nccn1C. The molecule has 1 atom stereocenters. The number of benzene rings is 1. The number of hydrogen-bond donors (Lipinski definition) is 1. The van der Waals surface area contributed by atoms with E-state index in [2.05, 4.69) is 15.0 Å². The molecule has 2 aromatic rings. The number of rotatable bonds is 4. The molecule has 0 amide bonds. The molecule has 0 aliphatic rings. The number of aromatic nitrogens is 2. The van der Waals surface area contributed by atoms with Crippen LogP contribution in [0.4, 0.5) is 18.9 Å². The predicted octanol–water partition coefficient (Wildman–Crippen LogP) is 3.49. The highest BCUT2D eigenvalue weighted by Gasteiger charge is 2.30. The summed E-state index contributed by atoms with van der Waals surface area (Å²) in [6.07, 6.45) is -1.16. The van der Waals surface area contributed by atoms with Gasteiger partial charge in [0.1, 0.15) is 11.6 Å². The smallest absolute Gasteiger partial charge is 0.406 e. The van der Waals surface area contributed by atoms with Crippen LogP contribution in [0.15, 0.2) is 36.7 Å². The van der Waals surface area contributed by atoms with Gasteiger partial charge in [-0.1, -0.05) is 0 Å². The highest BCUT2D eigenvalue weighted by atomic mass is 19.4. The maximum absolute atomic E-state index is 12.0. The van der Waals surface area contributed by atoms with Crippen LogP contribution in [0.5, 0.6) is 5.75 Å². The van der Waals surface area contributed by atoms with E-state index in [0.717, 1.165) is 5.82 Å². The Balaban J connectivity index is 2.02. The Hall–Kier alpha value is -2.18. The quantitative estimate of drug-likeness (QED) is 0.934. The van der Waals surface area contributed by atoms with Crippen molar-refractivity contribution in [1.82, 2.24) is 9.55 Å². The first-order valence-corrected chi connectivity index (χ1v) is 5.95. The molecule has 20 heavy (non-hydrogen) atoms. The standard InChI is InChI=1S/C13H14F3N3O/c1-9(12-17-7-8-19(12)2)18-10-3-5-11(6-4-10)20-13(14,15)16/h3-9,18H,1-2H3. The summed E-state index contributed by atoms with van der Waals surface area (Å²) >= 11 is 0. The molecular weight excluding hydrogens is 271 g/mol. The fourth-order valence-electron chi connectivity index (χ4n) is 1.86. The van der Waals surface area contributed by atoms with Gasteiger partial charge in [0.2, 0.25) is 0 Å². The van der Waals surface area contributed by atoms with Crippen molar-refractivity contribution in [3.05, 3.63) is 42.5 Å². The summed E-state index contributed by atoms with van der Waals surface area (Å²) in [4.78, 5) is 4.20. The molecular formula is C13H14F3N3O. The summed E-state index contributed by atoms with van der Waals surface area (Å²) in [5, 5.41) is 3.16. The van der Waals surface area contributed by atoms with Crippen LogP contribution >= 0.6 is 0 Å². The van der Waals surface area contributed by atoms with Crippen molar-refractivity contribution in [3.63, 3.8) is 0 Å². The van der Waals surface area contributed by atoms with Crippen LogP contribution in [0, 0.1) is 0 Å². The lowest BCUT2D eigenvalue weighted by atomic mass is 10.2. The van der Waals surface area contributed by atoms with Gasteiger partial charge in [0.25, 0.3) is 0 Å². The Labute approximate surface area is 114 Å². The Kier molecular flexibility index (Phi) is 3.87. The van der Waals surface area contributed by atoms with Gasteiger partial charge in [0.15, 0.2) is 0 Å². The summed E-state index contributed by atoms with van der Waals surface area (Å²) in [7, 11) is 1.88. The molecule has 1 unspecified atom stereocenters. The fourth-order valence-corrected chi connectivity index (χ4v) is 1.86. The van der Waals surface area contributed by atoms with Crippen molar-refractivity contribution in [2.75, 3.05) is 5.32 Å². The van der Waals surface area contributed by atoms with E-state index in [-0.39, 0.29) is 11.8 Å². The van der Waals surface area contributed by atoms with Gasteiger partial charge in [0.05, 0.1) is 6.04 Å². The predicted molar refractivity (Wildman–Crippen MR) is 68.4 cm³/mol. The zero-order chi connectivity index (χ0) is 14.8. The zero-order valence-corrected chi connectivity index (χ0v) is 11.0. The third kappa shape index (κ3) is 3.66. The minimum Gasteiger partial charge on any atom is -0.406 e. The molecule has 2 rings (SSSR count). The van der Waals surface area contributed by atoms with Gasteiger partial charge in [0, 0.05) is 25.1 Å². The fraction of sp³-hybridized carbons (Fsp3) is 0.308. The van der Waals surface area contributed by atoms with Gasteiger partial charge >= 0.3 is 6.36 Å². The number of imidazole rings is 1. The molecule has 1 aromatic heterocycles. The van der Waals surface area contributed by atoms with Gasteiger partial charge in [-0.05, 0) is 31.2 Å². The molecule has 1 N–H and O–H groups in total. The maximum atomic E-state index is 12.0. The molecule has 1 aromatic carbocycles. The second-order valence-corrected chi connectivity index (χ2v) is 4.33. The first-order chi connectivity index (χ1) is 9.35. The van der Waals surface area contributed by atoms with E-state index in [9.17, 15) is 13.2 Å². The Morgan fingerprint density at radius 2 is 1.90 bits per heavy atom. The van der Waals surface area contributed by atoms with Gasteiger partial charge in [-0.3, -0.25) is 0 Å². The van der Waals surface area contributed by atoms with Crippen molar-refractivity contribution in [2.45, 2.75) is 19.3 Å². The summed E-state index contributed by atoms with van der Waals surface area (Å²) in [6, 6.07) is 5.52. The normalized spacial score (nSPS) is 13.1. The number of halogens is 3. The minimum absolute atomic E-state index is 0.0654. The third-order valence-corrected chi connectivity index (χ3v) is 2.72. The van der Waals surface area contributed by atoms with Gasteiger partial charge in [-0.15, -0.1) is 13.2 Å². The van der Waals surface area contributed by atoms with E-state index in [4.69, 9.17) is 0 Å². The second-order valence-electron chi connectivity index (χ2n) is 4.33. The second kappa shape index (κ2) is 5.44. The number of ether oxygens (including phenoxy) is 1. The Morgan fingerprint density at radius 3 is 2.40 bits per heavy atom. The molecule has 0 fully saturated rings. The number of anilines is 1. The van der Waals surface area contributed by atoms with Gasteiger partial charge in [-0.2, -0.15) is 0 Å². The molecule has 0 aliphatic heterocycles. The van der Waals surface area contributed by atoms with Crippen LogP contribution < -0.4 is 10.1 Å². The van der Waals surface area contributed by atoms with E-state index in [1.54, 1.807) is 6.20 Å². The Morgan fingerprint density at radius 1 is 1.25 bits per heavy atom. The Bertz CT molecular complexity index is 563. The molecule has 0 spiro atoms. The van der Waals surface area contributed by atoms with E-state index in [1.807, 2.05) is 24.7 Å². The average molecular weight is 285 g/mol. The molecule has 0 bridgehead atoms. The molecule has 1 heterocycles. The average Bonchev–Trinajstić information content (AvgIpc) is 2.76. The molecule has 0 saturated carbocycles. The largest absolute Gasteiger partial charge is 0.573 e. The van der Waals surface area contributed by atoms with Crippen LogP contribution in [-0.2, 0) is 7.05 Å². The molecule has 4 nitrogen and oxygen atoms in total. The lowest BCUT2D eigenvalue weighted by Gasteiger charge is -2.15. The minimum atomic E-state index is -4.67. The summed E-state index contributed by atoms with van der Waals surface area (Å²) in [6.45, 7) is 1.92.